The summed E-state index contributed by atoms with van der Waals surface area (Å²) in [6, 6.07) is 1.97. The van der Waals surface area contributed by atoms with Gasteiger partial charge < -0.3 is 0 Å². The van der Waals surface area contributed by atoms with Crippen molar-refractivity contribution in [2.45, 2.75) is 13.8 Å². The molecule has 0 amide bonds. The highest BCUT2D eigenvalue weighted by Gasteiger charge is 1.86. The molecule has 0 aliphatic rings. The van der Waals surface area contributed by atoms with Crippen LogP contribution >= 0.6 is 0 Å². The first-order valence-electron chi connectivity index (χ1n) is 2.64. The van der Waals surface area contributed by atoms with Crippen molar-refractivity contribution in [3.63, 3.8) is 0 Å². The molecule has 43 valence electrons. The molecule has 0 spiro atoms. The third kappa shape index (κ3) is 0.886. The highest BCUT2D eigenvalue weighted by atomic mass is 15.3. The topological polar surface area (TPSA) is 17.8 Å². The first kappa shape index (κ1) is 5.35. The summed E-state index contributed by atoms with van der Waals surface area (Å²) in [5.74, 6) is 0. The van der Waals surface area contributed by atoms with Crippen LogP contribution in [0.4, 0.5) is 0 Å². The zero-order valence-corrected chi connectivity index (χ0v) is 5.13. The molecule has 0 N–H and O–H groups in total. The van der Waals surface area contributed by atoms with Gasteiger partial charge in [0.25, 0.3) is 0 Å². The van der Waals surface area contributed by atoms with Crippen molar-refractivity contribution in [3.05, 3.63) is 24.5 Å². The van der Waals surface area contributed by atoms with E-state index < -0.39 is 0 Å². The Hall–Kier alpha value is -0.790. The van der Waals surface area contributed by atoms with Crippen LogP contribution in [0.15, 0.2) is 12.3 Å². The predicted octanol–water partition coefficient (Wildman–Crippen LogP) is 1.22. The molecule has 1 aromatic heterocycles. The Labute approximate surface area is 49.1 Å². The molecule has 1 radical (unpaired) electrons. The fourth-order valence-corrected chi connectivity index (χ4v) is 0.577. The van der Waals surface area contributed by atoms with Crippen molar-refractivity contribution in [2.75, 3.05) is 0 Å². The van der Waals surface area contributed by atoms with Crippen molar-refractivity contribution >= 4 is 0 Å². The van der Waals surface area contributed by atoms with Crippen molar-refractivity contribution in [1.82, 2.24) is 9.78 Å². The number of aryl methyl sites for hydroxylation is 1. The van der Waals surface area contributed by atoms with E-state index in [1.165, 1.54) is 0 Å². The molecule has 0 bridgehead atoms. The minimum Gasteiger partial charge on any atom is -0.268 e. The number of aromatic nitrogens is 2. The molecule has 0 aliphatic heterocycles. The fourth-order valence-electron chi connectivity index (χ4n) is 0.577. The summed E-state index contributed by atoms with van der Waals surface area (Å²) in [6.07, 6.45) is 1.93. The monoisotopic (exact) mass is 109 g/mol. The third-order valence-electron chi connectivity index (χ3n) is 1.01. The SMILES string of the molecule is C[CH]n1ccc(C)n1. The lowest BCUT2D eigenvalue weighted by molar-refractivity contribution is 0.795. The molecule has 1 heterocycles. The Morgan fingerprint density at radius 2 is 2.50 bits per heavy atom. The van der Waals surface area contributed by atoms with E-state index in [9.17, 15) is 0 Å². The average molecular weight is 109 g/mol. The Morgan fingerprint density at radius 3 is 2.75 bits per heavy atom. The summed E-state index contributed by atoms with van der Waals surface area (Å²) >= 11 is 0. The molecular weight excluding hydrogens is 100 g/mol. The van der Waals surface area contributed by atoms with E-state index in [0.29, 0.717) is 0 Å². The van der Waals surface area contributed by atoms with Gasteiger partial charge in [-0.2, -0.15) is 5.10 Å². The Bertz CT molecular complexity index is 167. The summed E-state index contributed by atoms with van der Waals surface area (Å²) in [4.78, 5) is 0. The first-order valence-corrected chi connectivity index (χ1v) is 2.64. The van der Waals surface area contributed by atoms with Gasteiger partial charge >= 0.3 is 0 Å². The van der Waals surface area contributed by atoms with E-state index >= 15 is 0 Å². The van der Waals surface area contributed by atoms with Crippen LogP contribution < -0.4 is 0 Å². The van der Waals surface area contributed by atoms with Gasteiger partial charge in [0.05, 0.1) is 12.2 Å². The van der Waals surface area contributed by atoms with Crippen molar-refractivity contribution < 1.29 is 0 Å². The number of hydrogen-bond acceptors (Lipinski definition) is 1. The van der Waals surface area contributed by atoms with Gasteiger partial charge in [-0.15, -0.1) is 0 Å². The molecule has 0 saturated carbocycles. The van der Waals surface area contributed by atoms with Crippen LogP contribution in [0.25, 0.3) is 0 Å². The standard InChI is InChI=1S/C6H9N2/c1-3-8-5-4-6(2)7-8/h3-5H,1-2H3. The number of nitrogens with zero attached hydrogens (tertiary/aromatic N) is 2. The van der Waals surface area contributed by atoms with Crippen LogP contribution in [-0.4, -0.2) is 9.78 Å². The minimum absolute atomic E-state index is 1.06. The third-order valence-corrected chi connectivity index (χ3v) is 1.01. The van der Waals surface area contributed by atoms with Crippen molar-refractivity contribution in [3.8, 4) is 0 Å². The van der Waals surface area contributed by atoms with Gasteiger partial charge in [0.2, 0.25) is 0 Å². The lowest BCUT2D eigenvalue weighted by atomic mass is 10.5. The summed E-state index contributed by atoms with van der Waals surface area (Å²) in [6.45, 7) is 5.83. The zero-order valence-electron chi connectivity index (χ0n) is 5.13. The van der Waals surface area contributed by atoms with E-state index in [2.05, 4.69) is 5.10 Å². The quantitative estimate of drug-likeness (QED) is 0.530. The van der Waals surface area contributed by atoms with Crippen LogP contribution in [0.1, 0.15) is 12.6 Å². The average Bonchev–Trinajstić information content (AvgIpc) is 2.14. The second kappa shape index (κ2) is 1.99. The summed E-state index contributed by atoms with van der Waals surface area (Å²) in [7, 11) is 0. The van der Waals surface area contributed by atoms with Gasteiger partial charge in [0, 0.05) is 6.20 Å². The van der Waals surface area contributed by atoms with Gasteiger partial charge in [0.15, 0.2) is 0 Å². The molecular formula is C6H9N2. The van der Waals surface area contributed by atoms with Crippen LogP contribution in [0.5, 0.6) is 0 Å². The van der Waals surface area contributed by atoms with Crippen LogP contribution in [-0.2, 0) is 0 Å². The molecule has 2 heteroatoms. The van der Waals surface area contributed by atoms with E-state index in [0.717, 1.165) is 5.69 Å². The molecule has 1 aromatic rings. The lowest BCUT2D eigenvalue weighted by Gasteiger charge is -1.88. The van der Waals surface area contributed by atoms with E-state index in [1.54, 1.807) is 4.68 Å². The Balaban J connectivity index is 2.84. The van der Waals surface area contributed by atoms with Crippen LogP contribution in [0.3, 0.4) is 0 Å². The summed E-state index contributed by atoms with van der Waals surface area (Å²) < 4.78 is 1.79. The fraction of sp³-hybridized carbons (Fsp3) is 0.333. The molecule has 0 saturated heterocycles. The number of rotatable bonds is 1. The molecule has 1 rings (SSSR count). The maximum Gasteiger partial charge on any atom is 0.0712 e. The van der Waals surface area contributed by atoms with Gasteiger partial charge in [0.1, 0.15) is 0 Å². The number of hydrogen-bond donors (Lipinski definition) is 0. The Kier molecular flexibility index (Phi) is 1.33. The molecule has 0 unspecified atom stereocenters. The van der Waals surface area contributed by atoms with Gasteiger partial charge in [-0.3, -0.25) is 4.68 Å². The maximum absolute atomic E-state index is 4.09. The van der Waals surface area contributed by atoms with Gasteiger partial charge in [-0.1, -0.05) is 0 Å². The normalized spacial score (nSPS) is 9.75. The van der Waals surface area contributed by atoms with Crippen LogP contribution in [0.2, 0.25) is 0 Å². The lowest BCUT2D eigenvalue weighted by Crippen LogP contribution is -1.90. The molecule has 2 nitrogen and oxygen atoms in total. The second-order valence-corrected chi connectivity index (χ2v) is 1.70. The van der Waals surface area contributed by atoms with Crippen molar-refractivity contribution in [2.24, 2.45) is 0 Å². The predicted molar refractivity (Wildman–Crippen MR) is 32.3 cm³/mol. The van der Waals surface area contributed by atoms with E-state index in [4.69, 9.17) is 0 Å². The smallest absolute Gasteiger partial charge is 0.0712 e. The highest BCUT2D eigenvalue weighted by molar-refractivity contribution is 4.96. The van der Waals surface area contributed by atoms with Crippen molar-refractivity contribution in [1.29, 1.82) is 0 Å². The zero-order chi connectivity index (χ0) is 5.98. The molecule has 0 atom stereocenters. The van der Waals surface area contributed by atoms with E-state index in [1.807, 2.05) is 32.7 Å². The summed E-state index contributed by atoms with van der Waals surface area (Å²) in [5.41, 5.74) is 1.06. The largest absolute Gasteiger partial charge is 0.268 e. The maximum atomic E-state index is 4.09. The molecule has 0 fully saturated rings. The Morgan fingerprint density at radius 1 is 1.75 bits per heavy atom. The minimum atomic E-state index is 1.06. The summed E-state index contributed by atoms with van der Waals surface area (Å²) in [5, 5.41) is 4.09. The van der Waals surface area contributed by atoms with Gasteiger partial charge in [-0.25, -0.2) is 0 Å². The van der Waals surface area contributed by atoms with Gasteiger partial charge in [-0.05, 0) is 19.9 Å². The first-order chi connectivity index (χ1) is 3.83. The second-order valence-electron chi connectivity index (χ2n) is 1.70. The molecule has 0 aliphatic carbocycles. The molecule has 0 aromatic carbocycles. The molecule has 8 heavy (non-hydrogen) atoms. The highest BCUT2D eigenvalue weighted by Crippen LogP contribution is 1.91. The van der Waals surface area contributed by atoms with E-state index in [-0.39, 0.29) is 0 Å². The van der Waals surface area contributed by atoms with Crippen LogP contribution in [0, 0.1) is 13.5 Å².